The van der Waals surface area contributed by atoms with Crippen LogP contribution in [0, 0.1) is 0 Å². The van der Waals surface area contributed by atoms with Crippen LogP contribution in [0.15, 0.2) is 48.5 Å². The van der Waals surface area contributed by atoms with Gasteiger partial charge in [0.25, 0.3) is 5.91 Å². The number of carbonyl (C=O) groups is 1. The highest BCUT2D eigenvalue weighted by Gasteiger charge is 2.16. The zero-order valence-corrected chi connectivity index (χ0v) is 13.7. The van der Waals surface area contributed by atoms with E-state index in [9.17, 15) is 4.79 Å². The quantitative estimate of drug-likeness (QED) is 0.814. The number of hydrogen-bond donors (Lipinski definition) is 0. The molecule has 0 radical (unpaired) electrons. The van der Waals surface area contributed by atoms with Gasteiger partial charge in [-0.3, -0.25) is 4.79 Å². The SMILES string of the molecule is CCN(C(=O)c1ccc(C(C)C)cc1)c1cccc(OC)c1. The summed E-state index contributed by atoms with van der Waals surface area (Å²) in [6.07, 6.45) is 0. The van der Waals surface area contributed by atoms with E-state index in [0.717, 1.165) is 11.4 Å². The Morgan fingerprint density at radius 3 is 2.36 bits per heavy atom. The van der Waals surface area contributed by atoms with Crippen LogP contribution in [-0.2, 0) is 0 Å². The number of hydrogen-bond acceptors (Lipinski definition) is 2. The van der Waals surface area contributed by atoms with Crippen LogP contribution in [-0.4, -0.2) is 19.6 Å². The van der Waals surface area contributed by atoms with Gasteiger partial charge in [-0.25, -0.2) is 0 Å². The van der Waals surface area contributed by atoms with E-state index in [-0.39, 0.29) is 5.91 Å². The van der Waals surface area contributed by atoms with Crippen molar-refractivity contribution in [2.45, 2.75) is 26.7 Å². The van der Waals surface area contributed by atoms with Crippen molar-refractivity contribution in [3.05, 3.63) is 59.7 Å². The van der Waals surface area contributed by atoms with Gasteiger partial charge in [0.05, 0.1) is 7.11 Å². The zero-order valence-electron chi connectivity index (χ0n) is 13.7. The molecule has 116 valence electrons. The lowest BCUT2D eigenvalue weighted by molar-refractivity contribution is 0.0988. The van der Waals surface area contributed by atoms with Gasteiger partial charge in [0.15, 0.2) is 0 Å². The Labute approximate surface area is 132 Å². The number of methoxy groups -OCH3 is 1. The Balaban J connectivity index is 2.28. The molecule has 0 fully saturated rings. The second-order valence-electron chi connectivity index (χ2n) is 5.53. The molecule has 0 aliphatic carbocycles. The van der Waals surface area contributed by atoms with Gasteiger partial charge in [-0.05, 0) is 42.7 Å². The van der Waals surface area contributed by atoms with Crippen molar-refractivity contribution in [1.82, 2.24) is 0 Å². The average Bonchev–Trinajstić information content (AvgIpc) is 2.55. The smallest absolute Gasteiger partial charge is 0.258 e. The van der Waals surface area contributed by atoms with Crippen molar-refractivity contribution in [2.75, 3.05) is 18.6 Å². The summed E-state index contributed by atoms with van der Waals surface area (Å²) in [5, 5.41) is 0. The van der Waals surface area contributed by atoms with E-state index < -0.39 is 0 Å². The fraction of sp³-hybridized carbons (Fsp3) is 0.316. The number of carbonyl (C=O) groups excluding carboxylic acids is 1. The van der Waals surface area contributed by atoms with E-state index in [4.69, 9.17) is 4.74 Å². The van der Waals surface area contributed by atoms with Gasteiger partial charge in [-0.15, -0.1) is 0 Å². The second-order valence-corrected chi connectivity index (χ2v) is 5.53. The predicted molar refractivity (Wildman–Crippen MR) is 90.9 cm³/mol. The number of amides is 1. The van der Waals surface area contributed by atoms with Crippen LogP contribution in [0.4, 0.5) is 5.69 Å². The largest absolute Gasteiger partial charge is 0.497 e. The summed E-state index contributed by atoms with van der Waals surface area (Å²) in [5.74, 6) is 1.22. The van der Waals surface area contributed by atoms with E-state index in [2.05, 4.69) is 13.8 Å². The normalized spacial score (nSPS) is 10.6. The fourth-order valence-corrected chi connectivity index (χ4v) is 2.39. The van der Waals surface area contributed by atoms with Crippen molar-refractivity contribution in [3.63, 3.8) is 0 Å². The molecule has 0 aromatic heterocycles. The van der Waals surface area contributed by atoms with E-state index in [1.165, 1.54) is 5.56 Å². The first kappa shape index (κ1) is 16.1. The number of benzene rings is 2. The van der Waals surface area contributed by atoms with Crippen LogP contribution >= 0.6 is 0 Å². The topological polar surface area (TPSA) is 29.5 Å². The highest BCUT2D eigenvalue weighted by Crippen LogP contribution is 2.23. The first-order valence-corrected chi connectivity index (χ1v) is 7.62. The van der Waals surface area contributed by atoms with E-state index in [1.807, 2.05) is 55.5 Å². The molecule has 1 amide bonds. The van der Waals surface area contributed by atoms with Gasteiger partial charge < -0.3 is 9.64 Å². The maximum absolute atomic E-state index is 12.7. The van der Waals surface area contributed by atoms with Crippen molar-refractivity contribution in [2.24, 2.45) is 0 Å². The van der Waals surface area contributed by atoms with E-state index in [0.29, 0.717) is 18.0 Å². The molecule has 3 nitrogen and oxygen atoms in total. The van der Waals surface area contributed by atoms with Crippen molar-refractivity contribution >= 4 is 11.6 Å². The van der Waals surface area contributed by atoms with Gasteiger partial charge in [0.2, 0.25) is 0 Å². The van der Waals surface area contributed by atoms with Crippen LogP contribution in [0.2, 0.25) is 0 Å². The third-order valence-electron chi connectivity index (χ3n) is 3.75. The lowest BCUT2D eigenvalue weighted by Gasteiger charge is -2.22. The maximum atomic E-state index is 12.7. The molecule has 0 spiro atoms. The summed E-state index contributed by atoms with van der Waals surface area (Å²) in [7, 11) is 1.63. The third kappa shape index (κ3) is 3.48. The third-order valence-corrected chi connectivity index (χ3v) is 3.75. The second kappa shape index (κ2) is 7.12. The molecule has 2 aromatic carbocycles. The molecule has 3 heteroatoms. The Kier molecular flexibility index (Phi) is 5.21. The first-order valence-electron chi connectivity index (χ1n) is 7.62. The molecular weight excluding hydrogens is 274 g/mol. The summed E-state index contributed by atoms with van der Waals surface area (Å²) in [6.45, 7) is 6.87. The van der Waals surface area contributed by atoms with Crippen molar-refractivity contribution < 1.29 is 9.53 Å². The molecule has 0 N–H and O–H groups in total. The highest BCUT2D eigenvalue weighted by atomic mass is 16.5. The van der Waals surface area contributed by atoms with Gasteiger partial charge in [0.1, 0.15) is 5.75 Å². The number of nitrogens with zero attached hydrogens (tertiary/aromatic N) is 1. The van der Waals surface area contributed by atoms with Crippen LogP contribution in [0.3, 0.4) is 0 Å². The van der Waals surface area contributed by atoms with Crippen LogP contribution in [0.1, 0.15) is 42.6 Å². The van der Waals surface area contributed by atoms with Crippen molar-refractivity contribution in [1.29, 1.82) is 0 Å². The highest BCUT2D eigenvalue weighted by molar-refractivity contribution is 6.06. The molecular formula is C19H23NO2. The van der Waals surface area contributed by atoms with Crippen LogP contribution in [0.25, 0.3) is 0 Å². The minimum Gasteiger partial charge on any atom is -0.497 e. The molecule has 0 atom stereocenters. The van der Waals surface area contributed by atoms with Gasteiger partial charge in [0, 0.05) is 23.9 Å². The molecule has 0 heterocycles. The van der Waals surface area contributed by atoms with Crippen LogP contribution < -0.4 is 9.64 Å². The van der Waals surface area contributed by atoms with Gasteiger partial charge in [-0.1, -0.05) is 32.0 Å². The van der Waals surface area contributed by atoms with Crippen LogP contribution in [0.5, 0.6) is 5.75 Å². The Bertz CT molecular complexity index is 632. The minimum atomic E-state index is 0.00561. The minimum absolute atomic E-state index is 0.00561. The van der Waals surface area contributed by atoms with Gasteiger partial charge in [-0.2, -0.15) is 0 Å². The van der Waals surface area contributed by atoms with Crippen molar-refractivity contribution in [3.8, 4) is 5.75 Å². The average molecular weight is 297 g/mol. The number of rotatable bonds is 5. The molecule has 22 heavy (non-hydrogen) atoms. The summed E-state index contributed by atoms with van der Waals surface area (Å²) in [6, 6.07) is 15.4. The molecule has 0 bridgehead atoms. The molecule has 0 saturated carbocycles. The standard InChI is InChI=1S/C19H23NO2/c1-5-20(17-7-6-8-18(13-17)22-4)19(21)16-11-9-15(10-12-16)14(2)3/h6-14H,5H2,1-4H3. The lowest BCUT2D eigenvalue weighted by atomic mass is 10.0. The summed E-state index contributed by atoms with van der Waals surface area (Å²) < 4.78 is 5.24. The molecule has 0 aliphatic heterocycles. The predicted octanol–water partition coefficient (Wildman–Crippen LogP) is 4.49. The number of anilines is 1. The Morgan fingerprint density at radius 1 is 1.14 bits per heavy atom. The molecule has 2 aromatic rings. The summed E-state index contributed by atoms with van der Waals surface area (Å²) in [4.78, 5) is 14.5. The summed E-state index contributed by atoms with van der Waals surface area (Å²) in [5.41, 5.74) is 2.79. The Hall–Kier alpha value is -2.29. The first-order chi connectivity index (χ1) is 10.6. The van der Waals surface area contributed by atoms with E-state index >= 15 is 0 Å². The molecule has 0 unspecified atom stereocenters. The number of ether oxygens (including phenoxy) is 1. The summed E-state index contributed by atoms with van der Waals surface area (Å²) >= 11 is 0. The lowest BCUT2D eigenvalue weighted by Crippen LogP contribution is -2.30. The fourth-order valence-electron chi connectivity index (χ4n) is 2.39. The van der Waals surface area contributed by atoms with Gasteiger partial charge >= 0.3 is 0 Å². The van der Waals surface area contributed by atoms with E-state index in [1.54, 1.807) is 12.0 Å². The molecule has 2 rings (SSSR count). The maximum Gasteiger partial charge on any atom is 0.258 e. The zero-order chi connectivity index (χ0) is 16.1. The molecule has 0 saturated heterocycles. The monoisotopic (exact) mass is 297 g/mol. The Morgan fingerprint density at radius 2 is 1.82 bits per heavy atom. The molecule has 0 aliphatic rings.